The zero-order chi connectivity index (χ0) is 8.81. The third-order valence-electron chi connectivity index (χ3n) is 2.19. The van der Waals surface area contributed by atoms with Crippen molar-refractivity contribution in [3.63, 3.8) is 0 Å². The summed E-state index contributed by atoms with van der Waals surface area (Å²) in [6.45, 7) is 7.69. The van der Waals surface area contributed by atoms with Crippen LogP contribution in [0.15, 0.2) is 23.8 Å². The van der Waals surface area contributed by atoms with Gasteiger partial charge < -0.3 is 4.74 Å². The van der Waals surface area contributed by atoms with Crippen molar-refractivity contribution in [2.24, 2.45) is 0 Å². The van der Waals surface area contributed by atoms with E-state index in [9.17, 15) is 0 Å². The standard InChI is InChI=1S/C11H18O/c1-3-4-5-6-7-11-9-12-8-10(11)2/h7H,2-6,8-9H2,1H3/b11-7+. The predicted octanol–water partition coefficient (Wildman–Crippen LogP) is 3.08. The molecule has 0 radical (unpaired) electrons. The van der Waals surface area contributed by atoms with Crippen LogP contribution in [0.4, 0.5) is 0 Å². The molecule has 12 heavy (non-hydrogen) atoms. The van der Waals surface area contributed by atoms with Gasteiger partial charge in [0.05, 0.1) is 13.2 Å². The number of unbranched alkanes of at least 4 members (excludes halogenated alkanes) is 3. The van der Waals surface area contributed by atoms with Crippen LogP contribution in [-0.4, -0.2) is 13.2 Å². The minimum absolute atomic E-state index is 0.736. The monoisotopic (exact) mass is 166 g/mol. The molecule has 0 aliphatic carbocycles. The molecule has 0 spiro atoms. The zero-order valence-electron chi connectivity index (χ0n) is 7.94. The van der Waals surface area contributed by atoms with Gasteiger partial charge in [0.25, 0.3) is 0 Å². The first kappa shape index (κ1) is 9.53. The molecule has 1 rings (SSSR count). The van der Waals surface area contributed by atoms with Crippen molar-refractivity contribution in [2.45, 2.75) is 32.6 Å². The molecule has 0 amide bonds. The molecule has 0 aromatic rings. The summed E-state index contributed by atoms with van der Waals surface area (Å²) in [7, 11) is 0. The van der Waals surface area contributed by atoms with Gasteiger partial charge in [-0.25, -0.2) is 0 Å². The molecular formula is C11H18O. The van der Waals surface area contributed by atoms with Gasteiger partial charge in [0.1, 0.15) is 0 Å². The van der Waals surface area contributed by atoms with Crippen molar-refractivity contribution < 1.29 is 4.74 Å². The molecule has 0 N–H and O–H groups in total. The van der Waals surface area contributed by atoms with Gasteiger partial charge in [0.2, 0.25) is 0 Å². The molecule has 1 saturated heterocycles. The highest BCUT2D eigenvalue weighted by molar-refractivity contribution is 5.32. The molecule has 0 atom stereocenters. The quantitative estimate of drug-likeness (QED) is 0.583. The second-order valence-electron chi connectivity index (χ2n) is 3.32. The number of hydrogen-bond donors (Lipinski definition) is 0. The van der Waals surface area contributed by atoms with Crippen LogP contribution in [0.1, 0.15) is 32.6 Å². The van der Waals surface area contributed by atoms with Gasteiger partial charge in [-0.3, -0.25) is 0 Å². The smallest absolute Gasteiger partial charge is 0.0721 e. The maximum Gasteiger partial charge on any atom is 0.0721 e. The molecule has 1 nitrogen and oxygen atoms in total. The minimum Gasteiger partial charge on any atom is -0.372 e. The van der Waals surface area contributed by atoms with Gasteiger partial charge >= 0.3 is 0 Å². The SMILES string of the molecule is C=C1COC/C1=C\CCCCC. The summed E-state index contributed by atoms with van der Waals surface area (Å²) in [5, 5.41) is 0. The lowest BCUT2D eigenvalue weighted by atomic mass is 10.1. The van der Waals surface area contributed by atoms with Crippen molar-refractivity contribution in [3.8, 4) is 0 Å². The van der Waals surface area contributed by atoms with E-state index in [1.807, 2.05) is 0 Å². The summed E-state index contributed by atoms with van der Waals surface area (Å²) >= 11 is 0. The van der Waals surface area contributed by atoms with Crippen LogP contribution in [0, 0.1) is 0 Å². The van der Waals surface area contributed by atoms with E-state index in [-0.39, 0.29) is 0 Å². The Morgan fingerprint density at radius 1 is 1.42 bits per heavy atom. The summed E-state index contributed by atoms with van der Waals surface area (Å²) in [6, 6.07) is 0. The summed E-state index contributed by atoms with van der Waals surface area (Å²) < 4.78 is 5.26. The normalized spacial score (nSPS) is 20.8. The molecular weight excluding hydrogens is 148 g/mol. The zero-order valence-corrected chi connectivity index (χ0v) is 7.94. The van der Waals surface area contributed by atoms with Crippen molar-refractivity contribution in [1.82, 2.24) is 0 Å². The van der Waals surface area contributed by atoms with Gasteiger partial charge in [-0.15, -0.1) is 0 Å². The second kappa shape index (κ2) is 5.15. The van der Waals surface area contributed by atoms with Gasteiger partial charge in [0.15, 0.2) is 0 Å². The van der Waals surface area contributed by atoms with E-state index in [0.717, 1.165) is 13.2 Å². The Hall–Kier alpha value is -0.560. The van der Waals surface area contributed by atoms with E-state index in [4.69, 9.17) is 4.74 Å². The molecule has 68 valence electrons. The summed E-state index contributed by atoms with van der Waals surface area (Å²) in [6.07, 6.45) is 7.39. The number of hydrogen-bond acceptors (Lipinski definition) is 1. The lowest BCUT2D eigenvalue weighted by Crippen LogP contribution is -1.83. The van der Waals surface area contributed by atoms with Crippen molar-refractivity contribution in [3.05, 3.63) is 23.8 Å². The highest BCUT2D eigenvalue weighted by Crippen LogP contribution is 2.17. The van der Waals surface area contributed by atoms with Crippen molar-refractivity contribution >= 4 is 0 Å². The molecule has 1 aliphatic rings. The van der Waals surface area contributed by atoms with E-state index in [0.29, 0.717) is 0 Å². The highest BCUT2D eigenvalue weighted by atomic mass is 16.5. The highest BCUT2D eigenvalue weighted by Gasteiger charge is 2.10. The second-order valence-corrected chi connectivity index (χ2v) is 3.32. The first-order valence-corrected chi connectivity index (χ1v) is 4.79. The predicted molar refractivity (Wildman–Crippen MR) is 52.2 cm³/mol. The molecule has 0 saturated carbocycles. The van der Waals surface area contributed by atoms with Gasteiger partial charge in [-0.2, -0.15) is 0 Å². The molecule has 0 bridgehead atoms. The van der Waals surface area contributed by atoms with E-state index in [1.165, 1.54) is 36.8 Å². The van der Waals surface area contributed by atoms with E-state index in [1.54, 1.807) is 0 Å². The lowest BCUT2D eigenvalue weighted by molar-refractivity contribution is 0.215. The lowest BCUT2D eigenvalue weighted by Gasteiger charge is -1.96. The Morgan fingerprint density at radius 2 is 2.25 bits per heavy atom. The molecule has 0 aromatic heterocycles. The van der Waals surface area contributed by atoms with Crippen molar-refractivity contribution in [1.29, 1.82) is 0 Å². The first-order chi connectivity index (χ1) is 5.84. The van der Waals surface area contributed by atoms with E-state index in [2.05, 4.69) is 19.6 Å². The van der Waals surface area contributed by atoms with Gasteiger partial charge in [-0.1, -0.05) is 32.4 Å². The van der Waals surface area contributed by atoms with Gasteiger partial charge in [0, 0.05) is 0 Å². The Morgan fingerprint density at radius 3 is 2.83 bits per heavy atom. The third-order valence-corrected chi connectivity index (χ3v) is 2.19. The third kappa shape index (κ3) is 2.82. The van der Waals surface area contributed by atoms with Crippen LogP contribution < -0.4 is 0 Å². The van der Waals surface area contributed by atoms with Crippen LogP contribution >= 0.6 is 0 Å². The summed E-state index contributed by atoms with van der Waals surface area (Å²) in [5.41, 5.74) is 2.50. The fourth-order valence-electron chi connectivity index (χ4n) is 1.35. The maximum atomic E-state index is 5.26. The molecule has 1 heterocycles. The summed E-state index contributed by atoms with van der Waals surface area (Å²) in [5.74, 6) is 0. The summed E-state index contributed by atoms with van der Waals surface area (Å²) in [4.78, 5) is 0. The Kier molecular flexibility index (Phi) is 4.09. The fraction of sp³-hybridized carbons (Fsp3) is 0.636. The largest absolute Gasteiger partial charge is 0.372 e. The molecule has 1 aliphatic heterocycles. The van der Waals surface area contributed by atoms with Crippen LogP contribution in [0.25, 0.3) is 0 Å². The topological polar surface area (TPSA) is 9.23 Å². The Bertz CT molecular complexity index is 179. The first-order valence-electron chi connectivity index (χ1n) is 4.79. The fourth-order valence-corrected chi connectivity index (χ4v) is 1.35. The van der Waals surface area contributed by atoms with E-state index < -0.39 is 0 Å². The van der Waals surface area contributed by atoms with Crippen molar-refractivity contribution in [2.75, 3.05) is 13.2 Å². The van der Waals surface area contributed by atoms with Crippen LogP contribution in [-0.2, 0) is 4.74 Å². The molecule has 0 unspecified atom stereocenters. The number of allylic oxidation sites excluding steroid dienone is 1. The van der Waals surface area contributed by atoms with Crippen LogP contribution in [0.2, 0.25) is 0 Å². The molecule has 0 aromatic carbocycles. The number of ether oxygens (including phenoxy) is 1. The van der Waals surface area contributed by atoms with Gasteiger partial charge in [-0.05, 0) is 24.0 Å². The molecule has 1 fully saturated rings. The Balaban J connectivity index is 2.22. The van der Waals surface area contributed by atoms with Crippen LogP contribution in [0.5, 0.6) is 0 Å². The average Bonchev–Trinajstić information content (AvgIpc) is 2.46. The maximum absolute atomic E-state index is 5.26. The Labute approximate surface area is 75.1 Å². The van der Waals surface area contributed by atoms with Crippen LogP contribution in [0.3, 0.4) is 0 Å². The molecule has 1 heteroatoms. The van der Waals surface area contributed by atoms with E-state index >= 15 is 0 Å². The average molecular weight is 166 g/mol. The minimum atomic E-state index is 0.736. The number of rotatable bonds is 4.